The highest BCUT2D eigenvalue weighted by Gasteiger charge is 2.23. The summed E-state index contributed by atoms with van der Waals surface area (Å²) in [5.41, 5.74) is 9.80. The van der Waals surface area contributed by atoms with Gasteiger partial charge < -0.3 is 5.32 Å². The van der Waals surface area contributed by atoms with Gasteiger partial charge in [0.2, 0.25) is 0 Å². The van der Waals surface area contributed by atoms with Crippen molar-refractivity contribution in [2.24, 2.45) is 7.05 Å². The summed E-state index contributed by atoms with van der Waals surface area (Å²) in [6.45, 7) is 12.6. The average molecular weight is 473 g/mol. The van der Waals surface area contributed by atoms with Crippen molar-refractivity contribution >= 4 is 5.82 Å². The van der Waals surface area contributed by atoms with E-state index in [0.29, 0.717) is 5.92 Å². The molecule has 4 rings (SSSR count). The van der Waals surface area contributed by atoms with Crippen LogP contribution in [0.2, 0.25) is 0 Å². The molecule has 1 aromatic carbocycles. The van der Waals surface area contributed by atoms with E-state index in [1.54, 1.807) is 0 Å². The molecule has 2 aromatic heterocycles. The molecule has 4 nitrogen and oxygen atoms in total. The molecule has 1 unspecified atom stereocenters. The molecule has 1 atom stereocenters. The van der Waals surface area contributed by atoms with E-state index in [1.807, 2.05) is 0 Å². The Hall–Kier alpha value is -2.62. The van der Waals surface area contributed by atoms with E-state index in [9.17, 15) is 0 Å². The minimum atomic E-state index is 0.167. The molecule has 3 aromatic rings. The lowest BCUT2D eigenvalue weighted by Crippen LogP contribution is -2.17. The summed E-state index contributed by atoms with van der Waals surface area (Å²) in [5.74, 6) is 1.60. The molecule has 1 N–H and O–H groups in total. The lowest BCUT2D eigenvalue weighted by molar-refractivity contribution is 0.573. The Kier molecular flexibility index (Phi) is 7.98. The maximum atomic E-state index is 4.92. The Morgan fingerprint density at radius 3 is 2.63 bits per heavy atom. The van der Waals surface area contributed by atoms with Gasteiger partial charge in [0.15, 0.2) is 0 Å². The molecule has 0 aliphatic carbocycles. The van der Waals surface area contributed by atoms with Gasteiger partial charge in [-0.15, -0.1) is 0 Å². The number of hydrogen-bond acceptors (Lipinski definition) is 3. The maximum absolute atomic E-state index is 4.92. The van der Waals surface area contributed by atoms with E-state index in [1.165, 1.54) is 45.8 Å². The SMILES string of the molecule is CCc1c(C(CC)Cc2cc(CCCc3ccc4c(n3)NCCC4)n(C)n2)cccc1C(C)(C)C. The van der Waals surface area contributed by atoms with Crippen LogP contribution < -0.4 is 5.32 Å². The Morgan fingerprint density at radius 1 is 1.06 bits per heavy atom. The molecule has 0 saturated carbocycles. The third-order valence-electron chi connectivity index (χ3n) is 7.61. The van der Waals surface area contributed by atoms with Gasteiger partial charge in [0.05, 0.1) is 5.69 Å². The number of hydrogen-bond donors (Lipinski definition) is 1. The summed E-state index contributed by atoms with van der Waals surface area (Å²) in [4.78, 5) is 4.86. The highest BCUT2D eigenvalue weighted by molar-refractivity contribution is 5.47. The first-order chi connectivity index (χ1) is 16.8. The first-order valence-corrected chi connectivity index (χ1v) is 13.7. The van der Waals surface area contributed by atoms with Gasteiger partial charge in [0.1, 0.15) is 5.82 Å². The van der Waals surface area contributed by atoms with Gasteiger partial charge in [0, 0.05) is 25.0 Å². The van der Waals surface area contributed by atoms with E-state index in [4.69, 9.17) is 10.1 Å². The van der Waals surface area contributed by atoms with E-state index < -0.39 is 0 Å². The van der Waals surface area contributed by atoms with Crippen molar-refractivity contribution in [1.82, 2.24) is 14.8 Å². The third-order valence-corrected chi connectivity index (χ3v) is 7.61. The van der Waals surface area contributed by atoms with Gasteiger partial charge in [-0.1, -0.05) is 58.9 Å². The fourth-order valence-electron chi connectivity index (χ4n) is 5.67. The average Bonchev–Trinajstić information content (AvgIpc) is 3.20. The fourth-order valence-corrected chi connectivity index (χ4v) is 5.67. The van der Waals surface area contributed by atoms with Crippen LogP contribution in [0.4, 0.5) is 5.82 Å². The van der Waals surface area contributed by atoms with Crippen molar-refractivity contribution in [3.63, 3.8) is 0 Å². The second-order valence-electron chi connectivity index (χ2n) is 11.2. The van der Waals surface area contributed by atoms with Crippen LogP contribution in [0.1, 0.15) is 99.1 Å². The predicted octanol–water partition coefficient (Wildman–Crippen LogP) is 6.94. The molecule has 0 amide bonds. The number of rotatable bonds is 9. The number of fused-ring (bicyclic) bond motifs is 1. The van der Waals surface area contributed by atoms with Crippen molar-refractivity contribution in [3.8, 4) is 0 Å². The fraction of sp³-hybridized carbons (Fsp3) is 0.548. The minimum Gasteiger partial charge on any atom is -0.370 e. The summed E-state index contributed by atoms with van der Waals surface area (Å²) in [6.07, 6.45) is 8.70. The van der Waals surface area contributed by atoms with Crippen LogP contribution in [0, 0.1) is 0 Å². The van der Waals surface area contributed by atoms with Crippen LogP contribution in [0.25, 0.3) is 0 Å². The number of anilines is 1. The summed E-state index contributed by atoms with van der Waals surface area (Å²) in [5, 5.41) is 8.38. The molecule has 0 bridgehead atoms. The molecule has 4 heteroatoms. The second kappa shape index (κ2) is 11.0. The molecular formula is C31H44N4. The predicted molar refractivity (Wildman–Crippen MR) is 148 cm³/mol. The number of aryl methyl sites for hydroxylation is 4. The number of aromatic nitrogens is 3. The van der Waals surface area contributed by atoms with Crippen LogP contribution in [-0.4, -0.2) is 21.3 Å². The van der Waals surface area contributed by atoms with Gasteiger partial charge in [-0.3, -0.25) is 4.68 Å². The van der Waals surface area contributed by atoms with Gasteiger partial charge >= 0.3 is 0 Å². The molecule has 188 valence electrons. The van der Waals surface area contributed by atoms with Gasteiger partial charge in [-0.25, -0.2) is 4.98 Å². The van der Waals surface area contributed by atoms with Crippen molar-refractivity contribution in [2.45, 2.75) is 97.3 Å². The number of pyridine rings is 1. The third kappa shape index (κ3) is 5.97. The second-order valence-corrected chi connectivity index (χ2v) is 11.2. The normalized spacial score (nSPS) is 14.5. The van der Waals surface area contributed by atoms with Gasteiger partial charge in [-0.05, 0) is 97.1 Å². The first kappa shape index (κ1) is 25.5. The Bertz CT molecular complexity index is 1140. The monoisotopic (exact) mass is 472 g/mol. The Morgan fingerprint density at radius 2 is 1.89 bits per heavy atom. The maximum Gasteiger partial charge on any atom is 0.129 e. The van der Waals surface area contributed by atoms with Crippen LogP contribution in [0.15, 0.2) is 36.4 Å². The minimum absolute atomic E-state index is 0.167. The van der Waals surface area contributed by atoms with Crippen molar-refractivity contribution in [1.29, 1.82) is 0 Å². The zero-order valence-corrected chi connectivity index (χ0v) is 22.7. The van der Waals surface area contributed by atoms with Crippen molar-refractivity contribution in [2.75, 3.05) is 11.9 Å². The van der Waals surface area contributed by atoms with Crippen LogP contribution >= 0.6 is 0 Å². The molecule has 3 heterocycles. The molecule has 1 aliphatic heterocycles. The topological polar surface area (TPSA) is 42.7 Å². The lowest BCUT2D eigenvalue weighted by atomic mass is 9.78. The molecule has 0 radical (unpaired) electrons. The summed E-state index contributed by atoms with van der Waals surface area (Å²) >= 11 is 0. The number of nitrogens with zero attached hydrogens (tertiary/aromatic N) is 3. The summed E-state index contributed by atoms with van der Waals surface area (Å²) < 4.78 is 2.09. The molecule has 0 saturated heterocycles. The smallest absolute Gasteiger partial charge is 0.129 e. The quantitative estimate of drug-likeness (QED) is 0.367. The standard InChI is InChI=1S/C31H44N4/c1-7-22(28-15-10-16-29(27(28)8-2)31(3,4)5)20-25-21-26(35(6)34-25)14-9-13-24-18-17-23-12-11-19-32-30(23)33-24/h10,15-18,21-22H,7-9,11-14,19-20H2,1-6H3,(H,32,33). The summed E-state index contributed by atoms with van der Waals surface area (Å²) in [7, 11) is 2.10. The van der Waals surface area contributed by atoms with Crippen LogP contribution in [0.3, 0.4) is 0 Å². The lowest BCUT2D eigenvalue weighted by Gasteiger charge is -2.27. The van der Waals surface area contributed by atoms with E-state index in [-0.39, 0.29) is 5.41 Å². The summed E-state index contributed by atoms with van der Waals surface area (Å²) in [6, 6.07) is 13.7. The van der Waals surface area contributed by atoms with Crippen molar-refractivity contribution < 1.29 is 0 Å². The van der Waals surface area contributed by atoms with E-state index in [2.05, 4.69) is 88.1 Å². The largest absolute Gasteiger partial charge is 0.370 e. The molecule has 1 aliphatic rings. The molecule has 35 heavy (non-hydrogen) atoms. The van der Waals surface area contributed by atoms with Crippen LogP contribution in [-0.2, 0) is 44.6 Å². The Labute approximate surface area is 212 Å². The number of benzene rings is 1. The molecule has 0 spiro atoms. The van der Waals surface area contributed by atoms with Gasteiger partial charge in [0.25, 0.3) is 0 Å². The highest BCUT2D eigenvalue weighted by Crippen LogP contribution is 2.34. The van der Waals surface area contributed by atoms with Crippen LogP contribution in [0.5, 0.6) is 0 Å². The van der Waals surface area contributed by atoms with E-state index in [0.717, 1.165) is 57.3 Å². The molecular weight excluding hydrogens is 428 g/mol. The highest BCUT2D eigenvalue weighted by atomic mass is 15.3. The zero-order chi connectivity index (χ0) is 25.0. The van der Waals surface area contributed by atoms with Gasteiger partial charge in [-0.2, -0.15) is 5.10 Å². The van der Waals surface area contributed by atoms with E-state index >= 15 is 0 Å². The Balaban J connectivity index is 1.43. The zero-order valence-electron chi connectivity index (χ0n) is 22.7. The van der Waals surface area contributed by atoms with Crippen molar-refractivity contribution in [3.05, 3.63) is 75.7 Å². The first-order valence-electron chi connectivity index (χ1n) is 13.7. The molecule has 0 fully saturated rings. The number of nitrogens with one attached hydrogen (secondary N) is 1.